The van der Waals surface area contributed by atoms with E-state index in [0.717, 1.165) is 11.1 Å². The maximum atomic E-state index is 10.4. The third kappa shape index (κ3) is 3.04. The minimum atomic E-state index is -0.846. The summed E-state index contributed by atoms with van der Waals surface area (Å²) in [4.78, 5) is 18.7. The molecule has 2 rings (SSSR count). The number of hydrogen-bond acceptors (Lipinski definition) is 4. The number of anilines is 1. The van der Waals surface area contributed by atoms with Crippen molar-refractivity contribution < 1.29 is 9.90 Å². The lowest BCUT2D eigenvalue weighted by Gasteiger charge is -2.02. The molecule has 92 valence electrons. The summed E-state index contributed by atoms with van der Waals surface area (Å²) < 4.78 is 0. The Bertz CT molecular complexity index is 535. The lowest BCUT2D eigenvalue weighted by molar-refractivity contribution is -0.137. The number of nitrogens with two attached hydrogens (primary N) is 1. The van der Waals surface area contributed by atoms with Crippen LogP contribution in [0.5, 0.6) is 0 Å². The number of benzene rings is 1. The van der Waals surface area contributed by atoms with Crippen molar-refractivity contribution in [2.75, 3.05) is 5.73 Å². The maximum Gasteiger partial charge on any atom is 0.303 e. The number of carboxylic acids is 1. The number of carbonyl (C=O) groups is 1. The summed E-state index contributed by atoms with van der Waals surface area (Å²) in [5, 5.41) is 8.57. The number of carboxylic acid groups (broad SMARTS) is 1. The number of nitrogen functional groups attached to an aromatic ring is 1. The molecule has 2 aromatic rings. The average Bonchev–Trinajstić information content (AvgIpc) is 2.38. The van der Waals surface area contributed by atoms with Gasteiger partial charge in [0.15, 0.2) is 0 Å². The third-order valence-corrected chi connectivity index (χ3v) is 2.51. The first-order valence-electron chi connectivity index (χ1n) is 5.54. The molecule has 1 aromatic carbocycles. The van der Waals surface area contributed by atoms with Crippen LogP contribution in [0, 0.1) is 0 Å². The summed E-state index contributed by atoms with van der Waals surface area (Å²) in [6, 6.07) is 7.41. The molecular formula is C13H13N3O2. The number of rotatable bonds is 4. The molecule has 0 fully saturated rings. The number of aryl methyl sites for hydroxylation is 1. The van der Waals surface area contributed by atoms with E-state index in [1.54, 1.807) is 12.4 Å². The minimum Gasteiger partial charge on any atom is -0.481 e. The Kier molecular flexibility index (Phi) is 3.52. The van der Waals surface area contributed by atoms with Gasteiger partial charge in [-0.05, 0) is 17.7 Å². The van der Waals surface area contributed by atoms with Gasteiger partial charge in [-0.2, -0.15) is 0 Å². The van der Waals surface area contributed by atoms with Gasteiger partial charge in [0.05, 0.1) is 6.42 Å². The Hall–Kier alpha value is -2.43. The molecule has 0 aliphatic rings. The predicted molar refractivity (Wildman–Crippen MR) is 67.8 cm³/mol. The van der Waals surface area contributed by atoms with Crippen LogP contribution in [0.1, 0.15) is 12.2 Å². The van der Waals surface area contributed by atoms with E-state index in [4.69, 9.17) is 10.8 Å². The second kappa shape index (κ2) is 5.27. The summed E-state index contributed by atoms with van der Waals surface area (Å²) in [6.07, 6.45) is 3.77. The standard InChI is InChI=1S/C13H13N3O2/c14-11-3-1-9(2-4-11)10-7-15-12(16-8-10)5-6-13(17)18/h1-4,7-8H,5-6,14H2,(H,17,18). The average molecular weight is 243 g/mol. The molecule has 1 heterocycles. The quantitative estimate of drug-likeness (QED) is 0.798. The highest BCUT2D eigenvalue weighted by molar-refractivity contribution is 5.67. The first-order valence-corrected chi connectivity index (χ1v) is 5.54. The molecule has 0 bridgehead atoms. The first-order chi connectivity index (χ1) is 8.65. The van der Waals surface area contributed by atoms with Crippen LogP contribution in [0.2, 0.25) is 0 Å². The van der Waals surface area contributed by atoms with Crippen molar-refractivity contribution in [3.05, 3.63) is 42.5 Å². The zero-order valence-electron chi connectivity index (χ0n) is 9.71. The molecule has 0 amide bonds. The van der Waals surface area contributed by atoms with E-state index in [2.05, 4.69) is 9.97 Å². The zero-order valence-corrected chi connectivity index (χ0v) is 9.71. The van der Waals surface area contributed by atoms with Gasteiger partial charge in [0.25, 0.3) is 0 Å². The number of aromatic nitrogens is 2. The second-order valence-corrected chi connectivity index (χ2v) is 3.90. The molecule has 5 nitrogen and oxygen atoms in total. The highest BCUT2D eigenvalue weighted by Gasteiger charge is 2.03. The SMILES string of the molecule is Nc1ccc(-c2cnc(CCC(=O)O)nc2)cc1. The Morgan fingerprint density at radius 1 is 1.11 bits per heavy atom. The highest BCUT2D eigenvalue weighted by Crippen LogP contribution is 2.18. The molecule has 18 heavy (non-hydrogen) atoms. The van der Waals surface area contributed by atoms with E-state index in [0.29, 0.717) is 17.9 Å². The van der Waals surface area contributed by atoms with Crippen molar-refractivity contribution in [3.8, 4) is 11.1 Å². The monoisotopic (exact) mass is 243 g/mol. The van der Waals surface area contributed by atoms with Crippen molar-refractivity contribution in [2.24, 2.45) is 0 Å². The lowest BCUT2D eigenvalue weighted by Crippen LogP contribution is -2.01. The fraction of sp³-hybridized carbons (Fsp3) is 0.154. The van der Waals surface area contributed by atoms with E-state index in [-0.39, 0.29) is 6.42 Å². The number of hydrogen-bond donors (Lipinski definition) is 2. The first kappa shape index (κ1) is 12.0. The number of aliphatic carboxylic acids is 1. The Morgan fingerprint density at radius 2 is 1.72 bits per heavy atom. The van der Waals surface area contributed by atoms with Crippen molar-refractivity contribution in [1.82, 2.24) is 9.97 Å². The Labute approximate surface area is 104 Å². The normalized spacial score (nSPS) is 10.2. The minimum absolute atomic E-state index is 0.0429. The van der Waals surface area contributed by atoms with Crippen molar-refractivity contribution in [2.45, 2.75) is 12.8 Å². The molecule has 0 atom stereocenters. The van der Waals surface area contributed by atoms with Gasteiger partial charge in [-0.25, -0.2) is 9.97 Å². The van der Waals surface area contributed by atoms with Gasteiger partial charge in [-0.3, -0.25) is 4.79 Å². The summed E-state index contributed by atoms with van der Waals surface area (Å²) in [5.41, 5.74) is 8.18. The molecular weight excluding hydrogens is 230 g/mol. The fourth-order valence-corrected chi connectivity index (χ4v) is 1.53. The van der Waals surface area contributed by atoms with Gasteiger partial charge in [0, 0.05) is 30.1 Å². The number of nitrogens with zero attached hydrogens (tertiary/aromatic N) is 2. The van der Waals surface area contributed by atoms with Crippen LogP contribution < -0.4 is 5.73 Å². The molecule has 1 aromatic heterocycles. The van der Waals surface area contributed by atoms with Gasteiger partial charge in [0.2, 0.25) is 0 Å². The van der Waals surface area contributed by atoms with Crippen LogP contribution in [-0.4, -0.2) is 21.0 Å². The summed E-state index contributed by atoms with van der Waals surface area (Å²) in [7, 11) is 0. The molecule has 3 N–H and O–H groups in total. The molecule has 0 saturated heterocycles. The molecule has 0 spiro atoms. The van der Waals surface area contributed by atoms with E-state index in [1.807, 2.05) is 24.3 Å². The van der Waals surface area contributed by atoms with Gasteiger partial charge in [-0.1, -0.05) is 12.1 Å². The van der Waals surface area contributed by atoms with Gasteiger partial charge in [-0.15, -0.1) is 0 Å². The van der Waals surface area contributed by atoms with Crippen LogP contribution in [0.3, 0.4) is 0 Å². The smallest absolute Gasteiger partial charge is 0.303 e. The van der Waals surface area contributed by atoms with E-state index >= 15 is 0 Å². The predicted octanol–water partition coefficient (Wildman–Crippen LogP) is 1.74. The van der Waals surface area contributed by atoms with E-state index in [9.17, 15) is 4.79 Å². The van der Waals surface area contributed by atoms with Crippen molar-refractivity contribution in [1.29, 1.82) is 0 Å². The lowest BCUT2D eigenvalue weighted by atomic mass is 10.1. The molecule has 0 saturated carbocycles. The Morgan fingerprint density at radius 3 is 2.28 bits per heavy atom. The molecule has 0 unspecified atom stereocenters. The summed E-state index contributed by atoms with van der Waals surface area (Å²) in [5.74, 6) is -0.308. The van der Waals surface area contributed by atoms with E-state index < -0.39 is 5.97 Å². The molecule has 0 aliphatic carbocycles. The Balaban J connectivity index is 2.12. The molecule has 5 heteroatoms. The largest absolute Gasteiger partial charge is 0.481 e. The topological polar surface area (TPSA) is 89.1 Å². The molecule has 0 radical (unpaired) electrons. The molecule has 0 aliphatic heterocycles. The summed E-state index contributed by atoms with van der Waals surface area (Å²) in [6.45, 7) is 0. The van der Waals surface area contributed by atoms with Crippen LogP contribution in [0.25, 0.3) is 11.1 Å². The van der Waals surface area contributed by atoms with Gasteiger partial charge in [0.1, 0.15) is 5.82 Å². The van der Waals surface area contributed by atoms with Crippen molar-refractivity contribution in [3.63, 3.8) is 0 Å². The van der Waals surface area contributed by atoms with Crippen LogP contribution >= 0.6 is 0 Å². The second-order valence-electron chi connectivity index (χ2n) is 3.90. The maximum absolute atomic E-state index is 10.4. The van der Waals surface area contributed by atoms with Gasteiger partial charge < -0.3 is 10.8 Å². The van der Waals surface area contributed by atoms with Crippen LogP contribution in [0.4, 0.5) is 5.69 Å². The van der Waals surface area contributed by atoms with Crippen molar-refractivity contribution >= 4 is 11.7 Å². The van der Waals surface area contributed by atoms with Crippen LogP contribution in [0.15, 0.2) is 36.7 Å². The van der Waals surface area contributed by atoms with Gasteiger partial charge >= 0.3 is 5.97 Å². The van der Waals surface area contributed by atoms with Crippen LogP contribution in [-0.2, 0) is 11.2 Å². The fourth-order valence-electron chi connectivity index (χ4n) is 1.53. The third-order valence-electron chi connectivity index (χ3n) is 2.51. The highest BCUT2D eigenvalue weighted by atomic mass is 16.4. The summed E-state index contributed by atoms with van der Waals surface area (Å²) >= 11 is 0. The zero-order chi connectivity index (χ0) is 13.0. The van der Waals surface area contributed by atoms with E-state index in [1.165, 1.54) is 0 Å².